The van der Waals surface area contributed by atoms with Crippen molar-refractivity contribution in [1.29, 1.82) is 0 Å². The first-order chi connectivity index (χ1) is 21.5. The van der Waals surface area contributed by atoms with Crippen LogP contribution in [0.25, 0.3) is 0 Å². The molecular formula is C30H34F4N2O9S. The van der Waals surface area contributed by atoms with E-state index >= 15 is 0 Å². The Morgan fingerprint density at radius 1 is 1.00 bits per heavy atom. The number of benzene rings is 2. The predicted molar refractivity (Wildman–Crippen MR) is 155 cm³/mol. The molecule has 3 atom stereocenters. The number of methoxy groups -OCH3 is 2. The van der Waals surface area contributed by atoms with Crippen LogP contribution < -0.4 is 20.1 Å². The number of sulfone groups is 1. The molecule has 16 heteroatoms. The van der Waals surface area contributed by atoms with Crippen LogP contribution in [0.1, 0.15) is 55.8 Å². The van der Waals surface area contributed by atoms with Gasteiger partial charge in [-0.2, -0.15) is 13.2 Å². The third-order valence-corrected chi connectivity index (χ3v) is 10.1. The fourth-order valence-electron chi connectivity index (χ4n) is 5.70. The van der Waals surface area contributed by atoms with Crippen molar-refractivity contribution in [2.24, 2.45) is 11.3 Å². The molecule has 2 saturated carbocycles. The maximum Gasteiger partial charge on any atom is 0.501 e. The summed E-state index contributed by atoms with van der Waals surface area (Å²) in [6.07, 6.45) is 0.713. The van der Waals surface area contributed by atoms with Crippen LogP contribution in [0.4, 0.5) is 23.2 Å². The van der Waals surface area contributed by atoms with E-state index in [-0.39, 0.29) is 35.6 Å². The summed E-state index contributed by atoms with van der Waals surface area (Å²) in [6, 6.07) is 5.03. The van der Waals surface area contributed by atoms with Gasteiger partial charge >= 0.3 is 11.5 Å². The monoisotopic (exact) mass is 674 g/mol. The number of amides is 2. The van der Waals surface area contributed by atoms with Gasteiger partial charge in [-0.1, -0.05) is 6.07 Å². The van der Waals surface area contributed by atoms with Crippen molar-refractivity contribution in [3.05, 3.63) is 47.8 Å². The highest BCUT2D eigenvalue weighted by Crippen LogP contribution is 2.39. The molecule has 0 bridgehead atoms. The number of alkyl halides is 3. The third kappa shape index (κ3) is 7.38. The summed E-state index contributed by atoms with van der Waals surface area (Å²) in [7, 11) is -3.01. The van der Waals surface area contributed by atoms with E-state index in [1.807, 2.05) is 0 Å². The van der Waals surface area contributed by atoms with Gasteiger partial charge < -0.3 is 30.0 Å². The number of carbonyl (C=O) groups is 3. The summed E-state index contributed by atoms with van der Waals surface area (Å²) in [5.41, 5.74) is -6.74. The first kappa shape index (κ1) is 34.9. The van der Waals surface area contributed by atoms with Gasteiger partial charge in [0.2, 0.25) is 5.91 Å². The summed E-state index contributed by atoms with van der Waals surface area (Å²) >= 11 is 0. The Balaban J connectivity index is 1.51. The number of aliphatic carboxylic acids is 1. The number of anilines is 1. The summed E-state index contributed by atoms with van der Waals surface area (Å²) in [6.45, 7) is 1.64. The largest absolute Gasteiger partial charge is 0.501 e. The molecule has 46 heavy (non-hydrogen) atoms. The first-order valence-corrected chi connectivity index (χ1v) is 15.8. The number of rotatable bonds is 10. The van der Waals surface area contributed by atoms with Crippen LogP contribution in [0.2, 0.25) is 0 Å². The molecule has 0 spiro atoms. The maximum absolute atomic E-state index is 15.0. The summed E-state index contributed by atoms with van der Waals surface area (Å²) < 4.78 is 94.2. The van der Waals surface area contributed by atoms with Crippen molar-refractivity contribution in [3.8, 4) is 11.5 Å². The van der Waals surface area contributed by atoms with Gasteiger partial charge in [-0.05, 0) is 69.7 Å². The first-order valence-electron chi connectivity index (χ1n) is 14.3. The lowest BCUT2D eigenvalue weighted by molar-refractivity contribution is -0.150. The SMILES string of the molecule is COc1cc(F)c(OC2CCC(C)(C(=O)O)CC2)cc1C(=O)N[C@H]1C[C@H](OC)CC1C(=O)Nc1cccc(S(=O)(=O)C(F)(F)F)c1. The molecule has 2 fully saturated rings. The molecule has 4 rings (SSSR count). The van der Waals surface area contributed by atoms with E-state index in [0.29, 0.717) is 31.7 Å². The number of carbonyl (C=O) groups excluding carboxylic acids is 2. The van der Waals surface area contributed by atoms with Crippen molar-refractivity contribution in [2.45, 2.75) is 74.1 Å². The molecular weight excluding hydrogens is 640 g/mol. The zero-order chi connectivity index (χ0) is 34.0. The van der Waals surface area contributed by atoms with Gasteiger partial charge in [0, 0.05) is 24.9 Å². The molecule has 0 aliphatic heterocycles. The van der Waals surface area contributed by atoms with E-state index in [1.165, 1.54) is 26.4 Å². The van der Waals surface area contributed by atoms with Crippen molar-refractivity contribution in [2.75, 3.05) is 19.5 Å². The van der Waals surface area contributed by atoms with E-state index in [2.05, 4.69) is 10.6 Å². The Morgan fingerprint density at radius 3 is 2.26 bits per heavy atom. The molecule has 2 aromatic carbocycles. The van der Waals surface area contributed by atoms with E-state index < -0.39 is 73.4 Å². The average Bonchev–Trinajstić information content (AvgIpc) is 3.41. The Hall–Kier alpha value is -3.92. The molecule has 252 valence electrons. The number of hydrogen-bond donors (Lipinski definition) is 3. The lowest BCUT2D eigenvalue weighted by Gasteiger charge is -2.34. The number of hydrogen-bond acceptors (Lipinski definition) is 8. The second kappa shape index (κ2) is 13.4. The molecule has 2 aromatic rings. The van der Waals surface area contributed by atoms with E-state index in [9.17, 15) is 45.5 Å². The van der Waals surface area contributed by atoms with Crippen molar-refractivity contribution >= 4 is 33.3 Å². The normalized spacial score (nSPS) is 25.0. The molecule has 2 aliphatic rings. The number of carboxylic acids is 1. The fraction of sp³-hybridized carbons (Fsp3) is 0.500. The molecule has 0 radical (unpaired) electrons. The molecule has 11 nitrogen and oxygen atoms in total. The molecule has 3 N–H and O–H groups in total. The minimum absolute atomic E-state index is 0.102. The Bertz CT molecular complexity index is 1590. The summed E-state index contributed by atoms with van der Waals surface area (Å²) in [4.78, 5) is 37.3. The standard InChI is InChI=1S/C30H34F4N2O9S/c1-29(28(39)40)9-7-17(8-10-29)45-25-14-21(24(44-3)15-22(25)31)27(38)36-23-13-18(43-2)12-20(23)26(37)35-16-5-4-6-19(11-16)46(41,42)30(32,33)34/h4-6,11,14-15,17-18,20,23H,7-10,12-13H2,1-3H3,(H,35,37)(H,36,38)(H,39,40)/t17?,18-,20?,23+,29?/m1/s1. The van der Waals surface area contributed by atoms with Crippen molar-refractivity contribution < 1.29 is 59.7 Å². The molecule has 2 amide bonds. The molecule has 2 aliphatic carbocycles. The van der Waals surface area contributed by atoms with Crippen molar-refractivity contribution in [1.82, 2.24) is 5.32 Å². The maximum atomic E-state index is 15.0. The van der Waals surface area contributed by atoms with Gasteiger partial charge in [0.15, 0.2) is 11.6 Å². The van der Waals surface area contributed by atoms with E-state index in [0.717, 1.165) is 18.2 Å². The fourth-order valence-corrected chi connectivity index (χ4v) is 6.51. The summed E-state index contributed by atoms with van der Waals surface area (Å²) in [5.74, 6) is -4.45. The second-order valence-electron chi connectivity index (χ2n) is 11.6. The highest BCUT2D eigenvalue weighted by Gasteiger charge is 2.47. The smallest absolute Gasteiger partial charge is 0.496 e. The van der Waals surface area contributed by atoms with Gasteiger partial charge in [0.05, 0.1) is 41.1 Å². The van der Waals surface area contributed by atoms with E-state index in [4.69, 9.17) is 14.2 Å². The topological polar surface area (TPSA) is 157 Å². The zero-order valence-electron chi connectivity index (χ0n) is 25.1. The molecule has 1 unspecified atom stereocenters. The van der Waals surface area contributed by atoms with Crippen molar-refractivity contribution in [3.63, 3.8) is 0 Å². The Labute approximate surface area is 262 Å². The van der Waals surface area contributed by atoms with Crippen LogP contribution in [-0.2, 0) is 24.2 Å². The minimum atomic E-state index is -5.66. The number of carboxylic acid groups (broad SMARTS) is 1. The number of nitrogens with one attached hydrogen (secondary N) is 2. The van der Waals surface area contributed by atoms with Gasteiger partial charge in [-0.25, -0.2) is 12.8 Å². The van der Waals surface area contributed by atoms with Gasteiger partial charge in [-0.3, -0.25) is 14.4 Å². The number of halogens is 4. The Kier molecular flexibility index (Phi) is 10.2. The van der Waals surface area contributed by atoms with Crippen LogP contribution in [0.5, 0.6) is 11.5 Å². The minimum Gasteiger partial charge on any atom is -0.496 e. The highest BCUT2D eigenvalue weighted by molar-refractivity contribution is 7.92. The zero-order valence-corrected chi connectivity index (χ0v) is 26.0. The van der Waals surface area contributed by atoms with Crippen LogP contribution in [0.3, 0.4) is 0 Å². The van der Waals surface area contributed by atoms with E-state index in [1.54, 1.807) is 6.92 Å². The summed E-state index contributed by atoms with van der Waals surface area (Å²) in [5, 5.41) is 14.6. The second-order valence-corrected chi connectivity index (χ2v) is 13.6. The predicted octanol–water partition coefficient (Wildman–Crippen LogP) is 4.70. The van der Waals surface area contributed by atoms with Gasteiger partial charge in [0.25, 0.3) is 15.7 Å². The highest BCUT2D eigenvalue weighted by atomic mass is 32.2. The van der Waals surface area contributed by atoms with Crippen LogP contribution in [0, 0.1) is 17.2 Å². The van der Waals surface area contributed by atoms with Crippen LogP contribution in [0.15, 0.2) is 41.3 Å². The Morgan fingerprint density at radius 2 is 1.67 bits per heavy atom. The van der Waals surface area contributed by atoms with Crippen LogP contribution >= 0.6 is 0 Å². The van der Waals surface area contributed by atoms with Gasteiger partial charge in [-0.15, -0.1) is 0 Å². The van der Waals surface area contributed by atoms with Gasteiger partial charge in [0.1, 0.15) is 5.75 Å². The average molecular weight is 675 g/mol. The number of ether oxygens (including phenoxy) is 3. The van der Waals surface area contributed by atoms with Crippen LogP contribution in [-0.4, -0.2) is 69.3 Å². The third-order valence-electron chi connectivity index (χ3n) is 8.57. The molecule has 0 saturated heterocycles. The lowest BCUT2D eigenvalue weighted by atomic mass is 9.75. The molecule has 0 heterocycles. The quantitative estimate of drug-likeness (QED) is 0.304. The lowest BCUT2D eigenvalue weighted by Crippen LogP contribution is -2.42. The molecule has 0 aromatic heterocycles.